The summed E-state index contributed by atoms with van der Waals surface area (Å²) in [5, 5.41) is 0.454. The molecule has 0 aromatic heterocycles. The lowest BCUT2D eigenvalue weighted by Crippen LogP contribution is -2.43. The number of hydrogen-bond acceptors (Lipinski definition) is 4. The Bertz CT molecular complexity index is 632. The molecule has 1 amide bonds. The van der Waals surface area contributed by atoms with E-state index in [2.05, 4.69) is 0 Å². The zero-order valence-corrected chi connectivity index (χ0v) is 16.1. The number of benzene rings is 1. The molecule has 1 rings (SSSR count). The summed E-state index contributed by atoms with van der Waals surface area (Å²) >= 11 is 5.78. The molecule has 24 heavy (non-hydrogen) atoms. The van der Waals surface area contributed by atoms with Crippen molar-refractivity contribution < 1.29 is 17.9 Å². The average molecular weight is 377 g/mol. The minimum absolute atomic E-state index is 0.106. The Morgan fingerprint density at radius 1 is 1.25 bits per heavy atom. The molecule has 0 N–H and O–H groups in total. The number of ether oxygens (including phenoxy) is 1. The van der Waals surface area contributed by atoms with Crippen LogP contribution in [0.2, 0.25) is 5.02 Å². The first kappa shape index (κ1) is 20.9. The zero-order chi connectivity index (χ0) is 18.3. The van der Waals surface area contributed by atoms with E-state index in [1.54, 1.807) is 12.0 Å². The first-order chi connectivity index (χ1) is 11.2. The van der Waals surface area contributed by atoms with Gasteiger partial charge in [0.2, 0.25) is 15.9 Å². The van der Waals surface area contributed by atoms with Gasteiger partial charge in [0.15, 0.2) is 0 Å². The molecule has 0 atom stereocenters. The summed E-state index contributed by atoms with van der Waals surface area (Å²) in [4.78, 5) is 14.2. The lowest BCUT2D eigenvalue weighted by molar-refractivity contribution is -0.132. The topological polar surface area (TPSA) is 66.9 Å². The van der Waals surface area contributed by atoms with Crippen LogP contribution in [0.15, 0.2) is 29.2 Å². The van der Waals surface area contributed by atoms with E-state index in [1.165, 1.54) is 31.3 Å². The van der Waals surface area contributed by atoms with E-state index in [-0.39, 0.29) is 23.3 Å². The summed E-state index contributed by atoms with van der Waals surface area (Å²) < 4.78 is 31.1. The number of methoxy groups -OCH3 is 1. The van der Waals surface area contributed by atoms with Crippen molar-refractivity contribution in [2.75, 3.05) is 40.4 Å². The Kier molecular flexibility index (Phi) is 8.15. The Morgan fingerprint density at radius 2 is 1.83 bits per heavy atom. The predicted octanol–water partition coefficient (Wildman–Crippen LogP) is 2.09. The number of carbonyl (C=O) groups excluding carboxylic acids is 1. The van der Waals surface area contributed by atoms with Crippen molar-refractivity contribution in [2.45, 2.75) is 18.7 Å². The molecule has 1 aromatic rings. The number of rotatable bonds is 9. The maximum Gasteiger partial charge on any atom is 0.243 e. The maximum atomic E-state index is 12.5. The highest BCUT2D eigenvalue weighted by Crippen LogP contribution is 2.17. The minimum Gasteiger partial charge on any atom is -0.383 e. The molecule has 8 heteroatoms. The van der Waals surface area contributed by atoms with Crippen LogP contribution < -0.4 is 0 Å². The van der Waals surface area contributed by atoms with Gasteiger partial charge in [-0.2, -0.15) is 4.31 Å². The Hall–Kier alpha value is -1.15. The highest BCUT2D eigenvalue weighted by molar-refractivity contribution is 7.89. The molecule has 0 heterocycles. The van der Waals surface area contributed by atoms with E-state index in [0.717, 1.165) is 4.31 Å². The van der Waals surface area contributed by atoms with E-state index in [1.807, 2.05) is 13.8 Å². The second kappa shape index (κ2) is 9.36. The SMILES string of the molecule is COCCN(CC(C)C)C(=O)CN(C)S(=O)(=O)c1ccc(Cl)cc1. The molecule has 0 radical (unpaired) electrons. The molecule has 0 aliphatic heterocycles. The van der Waals surface area contributed by atoms with Crippen LogP contribution in [0.25, 0.3) is 0 Å². The number of halogens is 1. The molecule has 0 aliphatic rings. The molecule has 6 nitrogen and oxygen atoms in total. The fourth-order valence-electron chi connectivity index (χ4n) is 2.12. The summed E-state index contributed by atoms with van der Waals surface area (Å²) in [6, 6.07) is 5.87. The molecule has 0 saturated carbocycles. The first-order valence-electron chi connectivity index (χ1n) is 7.67. The van der Waals surface area contributed by atoms with E-state index in [9.17, 15) is 13.2 Å². The van der Waals surface area contributed by atoms with E-state index in [4.69, 9.17) is 16.3 Å². The van der Waals surface area contributed by atoms with Gasteiger partial charge in [0.25, 0.3) is 0 Å². The van der Waals surface area contributed by atoms with Crippen molar-refractivity contribution in [2.24, 2.45) is 5.92 Å². The molecule has 1 aromatic carbocycles. The van der Waals surface area contributed by atoms with Crippen LogP contribution >= 0.6 is 11.6 Å². The van der Waals surface area contributed by atoms with Crippen LogP contribution in [0.1, 0.15) is 13.8 Å². The third kappa shape index (κ3) is 6.05. The van der Waals surface area contributed by atoms with Gasteiger partial charge in [-0.05, 0) is 30.2 Å². The lowest BCUT2D eigenvalue weighted by Gasteiger charge is -2.26. The van der Waals surface area contributed by atoms with E-state index < -0.39 is 10.0 Å². The normalized spacial score (nSPS) is 12.0. The Balaban J connectivity index is 2.84. The number of hydrogen-bond donors (Lipinski definition) is 0. The van der Waals surface area contributed by atoms with E-state index >= 15 is 0 Å². The van der Waals surface area contributed by atoms with Gasteiger partial charge in [-0.1, -0.05) is 25.4 Å². The number of carbonyl (C=O) groups is 1. The maximum absolute atomic E-state index is 12.5. The fourth-order valence-corrected chi connectivity index (χ4v) is 3.37. The molecule has 136 valence electrons. The monoisotopic (exact) mass is 376 g/mol. The van der Waals surface area contributed by atoms with Crippen LogP contribution in [0.5, 0.6) is 0 Å². The summed E-state index contributed by atoms with van der Waals surface area (Å²) in [5.74, 6) is 0.0322. The predicted molar refractivity (Wildman–Crippen MR) is 94.6 cm³/mol. The van der Waals surface area contributed by atoms with Gasteiger partial charge < -0.3 is 9.64 Å². The van der Waals surface area contributed by atoms with Gasteiger partial charge >= 0.3 is 0 Å². The molecule has 0 spiro atoms. The Labute approximate surface area is 149 Å². The second-order valence-corrected chi connectivity index (χ2v) is 8.42. The van der Waals surface area contributed by atoms with Crippen molar-refractivity contribution in [3.8, 4) is 0 Å². The highest BCUT2D eigenvalue weighted by atomic mass is 35.5. The third-order valence-electron chi connectivity index (χ3n) is 3.38. The number of nitrogens with zero attached hydrogens (tertiary/aromatic N) is 2. The fraction of sp³-hybridized carbons (Fsp3) is 0.562. The second-order valence-electron chi connectivity index (χ2n) is 5.94. The zero-order valence-electron chi connectivity index (χ0n) is 14.5. The van der Waals surface area contributed by atoms with Crippen LogP contribution in [-0.4, -0.2) is 63.9 Å². The highest BCUT2D eigenvalue weighted by Gasteiger charge is 2.25. The lowest BCUT2D eigenvalue weighted by atomic mass is 10.2. The summed E-state index contributed by atoms with van der Waals surface area (Å²) in [7, 11) is -0.778. The van der Waals surface area contributed by atoms with Gasteiger partial charge in [0, 0.05) is 32.3 Å². The van der Waals surface area contributed by atoms with Crippen molar-refractivity contribution >= 4 is 27.5 Å². The molecule has 0 aliphatic carbocycles. The van der Waals surface area contributed by atoms with Gasteiger partial charge in [-0.25, -0.2) is 8.42 Å². The number of sulfonamides is 1. The van der Waals surface area contributed by atoms with Crippen LogP contribution in [-0.2, 0) is 19.6 Å². The number of amides is 1. The quantitative estimate of drug-likeness (QED) is 0.661. The average Bonchev–Trinajstić information content (AvgIpc) is 2.51. The molecular weight excluding hydrogens is 352 g/mol. The smallest absolute Gasteiger partial charge is 0.243 e. The van der Waals surface area contributed by atoms with Gasteiger partial charge in [-0.3, -0.25) is 4.79 Å². The van der Waals surface area contributed by atoms with Crippen molar-refractivity contribution in [1.29, 1.82) is 0 Å². The minimum atomic E-state index is -3.74. The summed E-state index contributed by atoms with van der Waals surface area (Å²) in [6.07, 6.45) is 0. The molecule has 0 saturated heterocycles. The molecule has 0 fully saturated rings. The summed E-state index contributed by atoms with van der Waals surface area (Å²) in [5.41, 5.74) is 0. The number of likely N-dealkylation sites (N-methyl/N-ethyl adjacent to an activating group) is 1. The van der Waals surface area contributed by atoms with Gasteiger partial charge in [0.05, 0.1) is 18.0 Å². The van der Waals surface area contributed by atoms with Crippen molar-refractivity contribution in [3.05, 3.63) is 29.3 Å². The van der Waals surface area contributed by atoms with Gasteiger partial charge in [-0.15, -0.1) is 0 Å². The van der Waals surface area contributed by atoms with Crippen molar-refractivity contribution in [3.63, 3.8) is 0 Å². The standard InChI is InChI=1S/C16H25ClN2O4S/c1-13(2)11-19(9-10-23-4)16(20)12-18(3)24(21,22)15-7-5-14(17)6-8-15/h5-8,13H,9-12H2,1-4H3. The third-order valence-corrected chi connectivity index (χ3v) is 5.45. The molecule has 0 bridgehead atoms. The van der Waals surface area contributed by atoms with Crippen LogP contribution in [0.4, 0.5) is 0 Å². The molecule has 0 unspecified atom stereocenters. The van der Waals surface area contributed by atoms with Crippen molar-refractivity contribution in [1.82, 2.24) is 9.21 Å². The van der Waals surface area contributed by atoms with Crippen LogP contribution in [0, 0.1) is 5.92 Å². The first-order valence-corrected chi connectivity index (χ1v) is 9.49. The largest absolute Gasteiger partial charge is 0.383 e. The Morgan fingerprint density at radius 3 is 2.33 bits per heavy atom. The van der Waals surface area contributed by atoms with Crippen LogP contribution in [0.3, 0.4) is 0 Å². The molecular formula is C16H25ClN2O4S. The van der Waals surface area contributed by atoms with Gasteiger partial charge in [0.1, 0.15) is 0 Å². The summed E-state index contributed by atoms with van der Waals surface area (Å²) in [6.45, 7) is 5.18. The van der Waals surface area contributed by atoms with E-state index in [0.29, 0.717) is 24.7 Å².